The first-order chi connectivity index (χ1) is 14.1. The van der Waals surface area contributed by atoms with Crippen LogP contribution < -0.4 is 0 Å². The van der Waals surface area contributed by atoms with Crippen molar-refractivity contribution in [1.82, 2.24) is 9.55 Å². The van der Waals surface area contributed by atoms with E-state index in [1.165, 1.54) is 16.0 Å². The number of imidazole rings is 1. The quantitative estimate of drug-likeness (QED) is 0.451. The molecule has 0 aliphatic carbocycles. The number of aromatic nitrogens is 2. The molecule has 2 heterocycles. The van der Waals surface area contributed by atoms with Crippen LogP contribution in [0.5, 0.6) is 0 Å². The summed E-state index contributed by atoms with van der Waals surface area (Å²) in [6.45, 7) is 3.34. The van der Waals surface area contributed by atoms with Gasteiger partial charge in [0.15, 0.2) is 5.79 Å². The molecule has 1 aliphatic heterocycles. The second kappa shape index (κ2) is 9.35. The summed E-state index contributed by atoms with van der Waals surface area (Å²) >= 11 is 7.82. The van der Waals surface area contributed by atoms with E-state index in [2.05, 4.69) is 48.3 Å². The molecule has 0 amide bonds. The van der Waals surface area contributed by atoms with Crippen molar-refractivity contribution in [1.29, 1.82) is 0 Å². The van der Waals surface area contributed by atoms with E-state index in [4.69, 9.17) is 21.1 Å². The topological polar surface area (TPSA) is 36.3 Å². The van der Waals surface area contributed by atoms with Gasteiger partial charge in [-0.2, -0.15) is 0 Å². The van der Waals surface area contributed by atoms with Crippen molar-refractivity contribution < 1.29 is 9.47 Å². The molecule has 1 saturated heterocycles. The van der Waals surface area contributed by atoms with Crippen LogP contribution in [-0.2, 0) is 22.4 Å². The van der Waals surface area contributed by atoms with E-state index in [9.17, 15) is 0 Å². The third-order valence-corrected chi connectivity index (χ3v) is 6.46. The third-order valence-electron chi connectivity index (χ3n) is 5.06. The molecule has 2 unspecified atom stereocenters. The fourth-order valence-corrected chi connectivity index (χ4v) is 4.46. The summed E-state index contributed by atoms with van der Waals surface area (Å²) in [4.78, 5) is 5.42. The van der Waals surface area contributed by atoms with Crippen molar-refractivity contribution in [2.45, 2.75) is 43.1 Å². The summed E-state index contributed by atoms with van der Waals surface area (Å²) < 4.78 is 14.8. The molecule has 4 rings (SSSR count). The van der Waals surface area contributed by atoms with Gasteiger partial charge in [0.25, 0.3) is 0 Å². The number of ether oxygens (including phenoxy) is 2. The van der Waals surface area contributed by atoms with Gasteiger partial charge in [-0.3, -0.25) is 0 Å². The third kappa shape index (κ3) is 5.64. The molecule has 0 saturated carbocycles. The second-order valence-electron chi connectivity index (χ2n) is 7.45. The van der Waals surface area contributed by atoms with E-state index in [1.54, 1.807) is 6.20 Å². The molecule has 1 fully saturated rings. The number of aryl methyl sites for hydroxylation is 2. The fourth-order valence-electron chi connectivity index (χ4n) is 3.46. The first kappa shape index (κ1) is 20.5. The molecule has 2 atom stereocenters. The predicted octanol–water partition coefficient (Wildman–Crippen LogP) is 5.38. The summed E-state index contributed by atoms with van der Waals surface area (Å²) in [7, 11) is 0. The summed E-state index contributed by atoms with van der Waals surface area (Å²) in [6.07, 6.45) is 7.25. The Balaban J connectivity index is 1.40. The van der Waals surface area contributed by atoms with Gasteiger partial charge < -0.3 is 14.0 Å². The first-order valence-corrected chi connectivity index (χ1v) is 11.2. The Labute approximate surface area is 181 Å². The molecule has 1 aliphatic rings. The SMILES string of the molecule is Cc1ccc(SCC2COC(CCc3ccc(Cl)cc3)(Cn3ccnc3)O2)cc1. The van der Waals surface area contributed by atoms with Gasteiger partial charge in [-0.1, -0.05) is 41.4 Å². The van der Waals surface area contributed by atoms with Crippen molar-refractivity contribution in [2.24, 2.45) is 0 Å². The molecule has 1 aromatic heterocycles. The molecule has 0 bridgehead atoms. The normalized spacial score (nSPS) is 21.5. The maximum Gasteiger partial charge on any atom is 0.187 e. The average Bonchev–Trinajstić information content (AvgIpc) is 3.38. The van der Waals surface area contributed by atoms with Crippen molar-refractivity contribution in [2.75, 3.05) is 12.4 Å². The van der Waals surface area contributed by atoms with Crippen LogP contribution in [-0.4, -0.2) is 33.8 Å². The Kier molecular flexibility index (Phi) is 6.60. The number of benzene rings is 2. The van der Waals surface area contributed by atoms with E-state index in [-0.39, 0.29) is 6.10 Å². The van der Waals surface area contributed by atoms with Crippen LogP contribution in [0.15, 0.2) is 72.1 Å². The molecule has 29 heavy (non-hydrogen) atoms. The van der Waals surface area contributed by atoms with E-state index in [0.717, 1.165) is 23.6 Å². The Hall–Kier alpha value is -1.79. The molecule has 3 aromatic rings. The summed E-state index contributed by atoms with van der Waals surface area (Å²) in [5.74, 6) is 0.231. The number of hydrogen-bond acceptors (Lipinski definition) is 4. The molecule has 0 spiro atoms. The van der Waals surface area contributed by atoms with E-state index in [1.807, 2.05) is 41.0 Å². The molecule has 0 N–H and O–H groups in total. The molecule has 2 aromatic carbocycles. The van der Waals surface area contributed by atoms with Gasteiger partial charge in [0.05, 0.1) is 25.6 Å². The van der Waals surface area contributed by atoms with Crippen LogP contribution in [0, 0.1) is 6.92 Å². The summed E-state index contributed by atoms with van der Waals surface area (Å²) in [5.41, 5.74) is 2.50. The van der Waals surface area contributed by atoms with Gasteiger partial charge in [-0.05, 0) is 43.2 Å². The van der Waals surface area contributed by atoms with Gasteiger partial charge in [0.2, 0.25) is 0 Å². The second-order valence-corrected chi connectivity index (χ2v) is 8.98. The Morgan fingerprint density at radius 2 is 1.97 bits per heavy atom. The van der Waals surface area contributed by atoms with Crippen molar-refractivity contribution in [3.05, 3.63) is 83.4 Å². The maximum absolute atomic E-state index is 6.50. The van der Waals surface area contributed by atoms with Crippen molar-refractivity contribution >= 4 is 23.4 Å². The van der Waals surface area contributed by atoms with Crippen LogP contribution in [0.25, 0.3) is 0 Å². The van der Waals surface area contributed by atoms with Crippen LogP contribution in [0.3, 0.4) is 0 Å². The van der Waals surface area contributed by atoms with Crippen LogP contribution in [0.1, 0.15) is 17.5 Å². The number of halogens is 1. The van der Waals surface area contributed by atoms with Gasteiger partial charge in [-0.15, -0.1) is 11.8 Å². The average molecular weight is 429 g/mol. The lowest BCUT2D eigenvalue weighted by Crippen LogP contribution is -2.37. The minimum Gasteiger partial charge on any atom is -0.345 e. The number of rotatable bonds is 8. The lowest BCUT2D eigenvalue weighted by atomic mass is 10.0. The Morgan fingerprint density at radius 1 is 1.17 bits per heavy atom. The molecule has 4 nitrogen and oxygen atoms in total. The molecular weight excluding hydrogens is 404 g/mol. The molecule has 0 radical (unpaired) electrons. The molecule has 6 heteroatoms. The van der Waals surface area contributed by atoms with Gasteiger partial charge in [0, 0.05) is 34.5 Å². The number of nitrogens with zero attached hydrogens (tertiary/aromatic N) is 2. The Bertz CT molecular complexity index is 900. The largest absolute Gasteiger partial charge is 0.345 e. The van der Waals surface area contributed by atoms with E-state index in [0.29, 0.717) is 13.2 Å². The van der Waals surface area contributed by atoms with Crippen molar-refractivity contribution in [3.63, 3.8) is 0 Å². The standard InChI is InChI=1S/C23H25ClN2O2S/c1-18-2-8-22(9-3-18)29-15-21-14-27-23(28-21,16-26-13-12-25-17-26)11-10-19-4-6-20(24)7-5-19/h2-9,12-13,17,21H,10-11,14-16H2,1H3. The zero-order valence-corrected chi connectivity index (χ0v) is 18.0. The lowest BCUT2D eigenvalue weighted by molar-refractivity contribution is -0.180. The first-order valence-electron chi connectivity index (χ1n) is 9.82. The lowest BCUT2D eigenvalue weighted by Gasteiger charge is -2.28. The highest BCUT2D eigenvalue weighted by Gasteiger charge is 2.41. The highest BCUT2D eigenvalue weighted by Crippen LogP contribution is 2.33. The van der Waals surface area contributed by atoms with E-state index >= 15 is 0 Å². The fraction of sp³-hybridized carbons (Fsp3) is 0.348. The Morgan fingerprint density at radius 3 is 2.69 bits per heavy atom. The number of thioether (sulfide) groups is 1. The highest BCUT2D eigenvalue weighted by atomic mass is 35.5. The number of hydrogen-bond donors (Lipinski definition) is 0. The van der Waals surface area contributed by atoms with Crippen LogP contribution in [0.2, 0.25) is 5.02 Å². The van der Waals surface area contributed by atoms with Gasteiger partial charge >= 0.3 is 0 Å². The predicted molar refractivity (Wildman–Crippen MR) is 117 cm³/mol. The van der Waals surface area contributed by atoms with Gasteiger partial charge in [-0.25, -0.2) is 4.98 Å². The minimum atomic E-state index is -0.640. The van der Waals surface area contributed by atoms with Crippen LogP contribution >= 0.6 is 23.4 Å². The highest BCUT2D eigenvalue weighted by molar-refractivity contribution is 7.99. The smallest absolute Gasteiger partial charge is 0.187 e. The van der Waals surface area contributed by atoms with Gasteiger partial charge in [0.1, 0.15) is 0 Å². The van der Waals surface area contributed by atoms with E-state index < -0.39 is 5.79 Å². The molecule has 152 valence electrons. The summed E-state index contributed by atoms with van der Waals surface area (Å²) in [5, 5.41) is 0.753. The summed E-state index contributed by atoms with van der Waals surface area (Å²) in [6, 6.07) is 16.6. The molecular formula is C23H25ClN2O2S. The minimum absolute atomic E-state index is 0.0649. The van der Waals surface area contributed by atoms with Crippen molar-refractivity contribution in [3.8, 4) is 0 Å². The van der Waals surface area contributed by atoms with Crippen LogP contribution in [0.4, 0.5) is 0 Å². The monoisotopic (exact) mass is 428 g/mol. The maximum atomic E-state index is 6.50. The zero-order valence-electron chi connectivity index (χ0n) is 16.5. The zero-order chi connectivity index (χ0) is 20.1.